The second kappa shape index (κ2) is 8.92. The van der Waals surface area contributed by atoms with Gasteiger partial charge in [0.15, 0.2) is 0 Å². The summed E-state index contributed by atoms with van der Waals surface area (Å²) in [5.74, 6) is 0.940. The van der Waals surface area contributed by atoms with E-state index in [1.54, 1.807) is 6.07 Å². The quantitative estimate of drug-likeness (QED) is 0.540. The zero-order valence-corrected chi connectivity index (χ0v) is 21.8. The lowest BCUT2D eigenvalue weighted by atomic mass is 9.87. The molecule has 1 aliphatic carbocycles. The third-order valence-electron chi connectivity index (χ3n) is 8.75. The van der Waals surface area contributed by atoms with Crippen molar-refractivity contribution >= 4 is 22.6 Å². The number of piperidine rings is 1. The van der Waals surface area contributed by atoms with Gasteiger partial charge in [-0.3, -0.25) is 4.79 Å². The molecule has 0 atom stereocenters. The SMILES string of the molecule is CN1CCC2(CC1)Cc1cc(CN(CC3CC3)C(=O)c3cc4c5c(c(N)nc4cc3F)COC5)ccc1O2. The van der Waals surface area contributed by atoms with Crippen LogP contribution < -0.4 is 10.5 Å². The summed E-state index contributed by atoms with van der Waals surface area (Å²) in [6.07, 6.45) is 5.16. The molecule has 1 saturated heterocycles. The van der Waals surface area contributed by atoms with Crippen LogP contribution in [0.5, 0.6) is 5.75 Å². The van der Waals surface area contributed by atoms with Gasteiger partial charge in [0, 0.05) is 62.5 Å². The number of carbonyl (C=O) groups excluding carboxylic acids is 1. The number of fused-ring (bicyclic) bond motifs is 4. The molecule has 1 amide bonds. The van der Waals surface area contributed by atoms with Crippen LogP contribution in [0.15, 0.2) is 30.3 Å². The fraction of sp³-hybridized carbons (Fsp3) is 0.467. The molecule has 198 valence electrons. The molecule has 0 radical (unpaired) electrons. The minimum atomic E-state index is -0.569. The highest BCUT2D eigenvalue weighted by Gasteiger charge is 2.41. The Morgan fingerprint density at radius 3 is 2.76 bits per heavy atom. The van der Waals surface area contributed by atoms with E-state index in [0.717, 1.165) is 73.0 Å². The first-order valence-corrected chi connectivity index (χ1v) is 13.6. The lowest BCUT2D eigenvalue weighted by Crippen LogP contribution is -2.45. The van der Waals surface area contributed by atoms with Gasteiger partial charge >= 0.3 is 0 Å². The van der Waals surface area contributed by atoms with Crippen molar-refractivity contribution in [2.24, 2.45) is 5.92 Å². The summed E-state index contributed by atoms with van der Waals surface area (Å²) in [7, 11) is 2.16. The van der Waals surface area contributed by atoms with Crippen molar-refractivity contribution in [3.63, 3.8) is 0 Å². The predicted molar refractivity (Wildman–Crippen MR) is 142 cm³/mol. The standard InChI is InChI=1S/C30H33FN4O3/c1-34-8-6-30(7-9-34)13-20-10-19(4-5-27(20)38-30)15-35(14-18-2-3-18)29(36)22-11-21-23-16-37-17-24(23)28(32)33-26(21)12-25(22)31/h4-5,10-12,18H,2-3,6-9,13-17H2,1H3,(H2,32,33). The lowest BCUT2D eigenvalue weighted by Gasteiger charge is -2.37. The molecule has 4 heterocycles. The second-order valence-corrected chi connectivity index (χ2v) is 11.6. The van der Waals surface area contributed by atoms with Gasteiger partial charge in [0.1, 0.15) is 23.0 Å². The van der Waals surface area contributed by atoms with Gasteiger partial charge < -0.3 is 25.0 Å². The van der Waals surface area contributed by atoms with Crippen molar-refractivity contribution in [1.82, 2.24) is 14.8 Å². The molecule has 1 aromatic heterocycles. The van der Waals surface area contributed by atoms with Crippen LogP contribution in [0.3, 0.4) is 0 Å². The lowest BCUT2D eigenvalue weighted by molar-refractivity contribution is 0.0271. The monoisotopic (exact) mass is 516 g/mol. The van der Waals surface area contributed by atoms with Crippen molar-refractivity contribution < 1.29 is 18.7 Å². The molecule has 1 saturated carbocycles. The highest BCUT2D eigenvalue weighted by atomic mass is 19.1. The molecule has 8 heteroatoms. The van der Waals surface area contributed by atoms with E-state index in [1.807, 2.05) is 17.0 Å². The summed E-state index contributed by atoms with van der Waals surface area (Å²) in [6, 6.07) is 9.26. The molecule has 3 aliphatic heterocycles. The van der Waals surface area contributed by atoms with Gasteiger partial charge in [-0.25, -0.2) is 9.37 Å². The van der Waals surface area contributed by atoms with Crippen LogP contribution >= 0.6 is 0 Å². The fourth-order valence-corrected chi connectivity index (χ4v) is 6.27. The van der Waals surface area contributed by atoms with Gasteiger partial charge in [-0.1, -0.05) is 12.1 Å². The van der Waals surface area contributed by atoms with Crippen molar-refractivity contribution in [1.29, 1.82) is 0 Å². The number of nitrogens with zero attached hydrogens (tertiary/aromatic N) is 3. The number of likely N-dealkylation sites (tertiary alicyclic amines) is 1. The number of aromatic nitrogens is 1. The third kappa shape index (κ3) is 4.20. The molecule has 7 rings (SSSR count). The van der Waals surface area contributed by atoms with Crippen LogP contribution in [0.25, 0.3) is 10.9 Å². The van der Waals surface area contributed by atoms with E-state index in [2.05, 4.69) is 23.0 Å². The number of carbonyl (C=O) groups is 1. The van der Waals surface area contributed by atoms with Gasteiger partial charge in [-0.2, -0.15) is 0 Å². The van der Waals surface area contributed by atoms with E-state index >= 15 is 4.39 Å². The Morgan fingerprint density at radius 2 is 1.97 bits per heavy atom. The first-order valence-electron chi connectivity index (χ1n) is 13.6. The van der Waals surface area contributed by atoms with E-state index in [1.165, 1.54) is 11.6 Å². The number of nitrogen functional groups attached to an aromatic ring is 1. The highest BCUT2D eigenvalue weighted by Crippen LogP contribution is 2.41. The van der Waals surface area contributed by atoms with Gasteiger partial charge in [-0.05, 0) is 54.6 Å². The first-order chi connectivity index (χ1) is 18.4. The smallest absolute Gasteiger partial charge is 0.257 e. The zero-order valence-electron chi connectivity index (χ0n) is 21.8. The number of nitrogens with two attached hydrogens (primary N) is 1. The molecule has 1 spiro atoms. The second-order valence-electron chi connectivity index (χ2n) is 11.6. The molecule has 3 aromatic rings. The number of halogens is 1. The van der Waals surface area contributed by atoms with Crippen LogP contribution in [-0.2, 0) is 30.9 Å². The summed E-state index contributed by atoms with van der Waals surface area (Å²) >= 11 is 0. The molecule has 38 heavy (non-hydrogen) atoms. The Labute approximate surface area is 221 Å². The maximum atomic E-state index is 15.3. The minimum Gasteiger partial charge on any atom is -0.487 e. The number of benzene rings is 2. The van der Waals surface area contributed by atoms with Gasteiger partial charge in [0.2, 0.25) is 0 Å². The topological polar surface area (TPSA) is 80.9 Å². The van der Waals surface area contributed by atoms with Crippen LogP contribution in [0.1, 0.15) is 58.3 Å². The molecule has 2 N–H and O–H groups in total. The summed E-state index contributed by atoms with van der Waals surface area (Å²) in [5, 5.41) is 0.737. The Hall–Kier alpha value is -3.23. The Morgan fingerprint density at radius 1 is 1.18 bits per heavy atom. The van der Waals surface area contributed by atoms with E-state index in [-0.39, 0.29) is 17.1 Å². The predicted octanol–water partition coefficient (Wildman–Crippen LogP) is 4.44. The average Bonchev–Trinajstić information content (AvgIpc) is 3.44. The minimum absolute atomic E-state index is 0.0774. The molecular formula is C30H33FN4O3. The number of amides is 1. The van der Waals surface area contributed by atoms with E-state index in [4.69, 9.17) is 15.2 Å². The number of pyridine rings is 1. The van der Waals surface area contributed by atoms with Crippen molar-refractivity contribution in [2.75, 3.05) is 32.4 Å². The number of anilines is 1. The summed E-state index contributed by atoms with van der Waals surface area (Å²) in [4.78, 5) is 22.4. The van der Waals surface area contributed by atoms with E-state index in [9.17, 15) is 4.79 Å². The number of ether oxygens (including phenoxy) is 2. The van der Waals surface area contributed by atoms with E-state index < -0.39 is 5.82 Å². The molecule has 2 aromatic carbocycles. The third-order valence-corrected chi connectivity index (χ3v) is 8.75. The summed E-state index contributed by atoms with van der Waals surface area (Å²) < 4.78 is 27.4. The Bertz CT molecular complexity index is 1450. The number of hydrogen-bond donors (Lipinski definition) is 1. The fourth-order valence-electron chi connectivity index (χ4n) is 6.27. The molecule has 0 bridgehead atoms. The molecule has 2 fully saturated rings. The normalized spacial score (nSPS) is 19.9. The number of rotatable bonds is 5. The van der Waals surface area contributed by atoms with Crippen LogP contribution in [0.2, 0.25) is 0 Å². The molecule has 4 aliphatic rings. The average molecular weight is 517 g/mol. The van der Waals surface area contributed by atoms with Crippen molar-refractivity contribution in [2.45, 2.75) is 57.5 Å². The van der Waals surface area contributed by atoms with Gasteiger partial charge in [0.05, 0.1) is 24.3 Å². The Kier molecular flexibility index (Phi) is 5.60. The first kappa shape index (κ1) is 23.9. The largest absolute Gasteiger partial charge is 0.487 e. The van der Waals surface area contributed by atoms with E-state index in [0.29, 0.717) is 43.6 Å². The zero-order chi connectivity index (χ0) is 26.0. The summed E-state index contributed by atoms with van der Waals surface area (Å²) in [5.41, 5.74) is 10.5. The Balaban J connectivity index is 1.17. The summed E-state index contributed by atoms with van der Waals surface area (Å²) in [6.45, 7) is 3.92. The van der Waals surface area contributed by atoms with Gasteiger partial charge in [-0.15, -0.1) is 0 Å². The number of hydrogen-bond acceptors (Lipinski definition) is 6. The molecule has 7 nitrogen and oxygen atoms in total. The maximum absolute atomic E-state index is 15.3. The van der Waals surface area contributed by atoms with Crippen LogP contribution in [0, 0.1) is 11.7 Å². The van der Waals surface area contributed by atoms with Gasteiger partial charge in [0.25, 0.3) is 5.91 Å². The van der Waals surface area contributed by atoms with Crippen LogP contribution in [-0.4, -0.2) is 53.0 Å². The van der Waals surface area contributed by atoms with Crippen molar-refractivity contribution in [3.05, 3.63) is 64.0 Å². The van der Waals surface area contributed by atoms with Crippen molar-refractivity contribution in [3.8, 4) is 5.75 Å². The van der Waals surface area contributed by atoms with Crippen LogP contribution in [0.4, 0.5) is 10.2 Å². The molecule has 0 unspecified atom stereocenters. The molecular weight excluding hydrogens is 483 g/mol. The highest BCUT2D eigenvalue weighted by molar-refractivity contribution is 5.99. The maximum Gasteiger partial charge on any atom is 0.257 e.